The topological polar surface area (TPSA) is 55.6 Å². The van der Waals surface area contributed by atoms with Gasteiger partial charge in [-0.05, 0) is 47.8 Å². The van der Waals surface area contributed by atoms with Crippen LogP contribution < -0.4 is 5.32 Å². The Morgan fingerprint density at radius 2 is 2.20 bits per heavy atom. The van der Waals surface area contributed by atoms with Crippen molar-refractivity contribution in [3.05, 3.63) is 28.6 Å². The van der Waals surface area contributed by atoms with Crippen LogP contribution in [0.5, 0.6) is 0 Å². The number of anilines is 1. The van der Waals surface area contributed by atoms with Gasteiger partial charge in [0.2, 0.25) is 5.91 Å². The molecule has 1 saturated heterocycles. The fraction of sp³-hybridized carbons (Fsp3) is 0.429. The van der Waals surface area contributed by atoms with E-state index in [4.69, 9.17) is 4.74 Å². The van der Waals surface area contributed by atoms with Gasteiger partial charge in [0, 0.05) is 25.3 Å². The Morgan fingerprint density at radius 1 is 1.45 bits per heavy atom. The summed E-state index contributed by atoms with van der Waals surface area (Å²) in [5.74, 6) is 0.119. The van der Waals surface area contributed by atoms with Crippen LogP contribution in [0.4, 0.5) is 5.69 Å². The first-order valence-electron chi connectivity index (χ1n) is 6.68. The number of aromatic nitrogens is 2. The molecular formula is C14H16BrN3O2. The van der Waals surface area contributed by atoms with Crippen LogP contribution in [-0.4, -0.2) is 28.5 Å². The number of carbonyl (C=O) groups excluding carboxylic acids is 1. The standard InChI is InChI=1S/C14H16BrN3O2/c1-9-13(15)18-8-11(2-3-12(18)16-9)17-14(19)10-4-6-20-7-5-10/h2-3,8,10H,4-7H2,1H3,(H,17,19). The molecule has 2 aromatic rings. The van der Waals surface area contributed by atoms with E-state index < -0.39 is 0 Å². The van der Waals surface area contributed by atoms with Crippen LogP contribution in [0.1, 0.15) is 18.5 Å². The van der Waals surface area contributed by atoms with Gasteiger partial charge in [-0.15, -0.1) is 0 Å². The molecular weight excluding hydrogens is 322 g/mol. The number of nitrogens with zero attached hydrogens (tertiary/aromatic N) is 2. The first-order chi connectivity index (χ1) is 9.65. The number of carbonyl (C=O) groups is 1. The summed E-state index contributed by atoms with van der Waals surface area (Å²) in [6, 6.07) is 3.78. The van der Waals surface area contributed by atoms with Crippen molar-refractivity contribution in [2.45, 2.75) is 19.8 Å². The third-order valence-electron chi connectivity index (χ3n) is 3.58. The Hall–Kier alpha value is -1.40. The molecule has 0 aromatic carbocycles. The van der Waals surface area contributed by atoms with Crippen LogP contribution in [0.15, 0.2) is 22.9 Å². The molecule has 5 nitrogen and oxygen atoms in total. The number of fused-ring (bicyclic) bond motifs is 1. The predicted octanol–water partition coefficient (Wildman–Crippen LogP) is 2.77. The van der Waals surface area contributed by atoms with Gasteiger partial charge in [0.25, 0.3) is 0 Å². The second-order valence-electron chi connectivity index (χ2n) is 5.01. The van der Waals surface area contributed by atoms with E-state index in [9.17, 15) is 4.79 Å². The third kappa shape index (κ3) is 2.58. The van der Waals surface area contributed by atoms with E-state index in [0.29, 0.717) is 13.2 Å². The lowest BCUT2D eigenvalue weighted by atomic mass is 9.99. The fourth-order valence-electron chi connectivity index (χ4n) is 2.41. The van der Waals surface area contributed by atoms with Crippen LogP contribution in [0.2, 0.25) is 0 Å². The monoisotopic (exact) mass is 337 g/mol. The van der Waals surface area contributed by atoms with Gasteiger partial charge < -0.3 is 10.1 Å². The number of aryl methyl sites for hydroxylation is 1. The molecule has 1 fully saturated rings. The fourth-order valence-corrected chi connectivity index (χ4v) is 2.78. The molecule has 0 bridgehead atoms. The van der Waals surface area contributed by atoms with E-state index in [1.807, 2.05) is 29.7 Å². The van der Waals surface area contributed by atoms with Gasteiger partial charge >= 0.3 is 0 Å². The van der Waals surface area contributed by atoms with E-state index in [-0.39, 0.29) is 11.8 Å². The van der Waals surface area contributed by atoms with Crippen molar-refractivity contribution in [1.82, 2.24) is 9.38 Å². The Bertz CT molecular complexity index is 647. The molecule has 0 atom stereocenters. The minimum absolute atomic E-state index is 0.0485. The van der Waals surface area contributed by atoms with Crippen molar-refractivity contribution in [2.24, 2.45) is 5.92 Å². The van der Waals surface area contributed by atoms with Gasteiger partial charge in [-0.3, -0.25) is 9.20 Å². The van der Waals surface area contributed by atoms with Gasteiger partial charge in [-0.1, -0.05) is 0 Å². The van der Waals surface area contributed by atoms with Gasteiger partial charge in [0.15, 0.2) is 0 Å². The molecule has 1 N–H and O–H groups in total. The summed E-state index contributed by atoms with van der Waals surface area (Å²) in [4.78, 5) is 16.6. The average Bonchev–Trinajstić information content (AvgIpc) is 2.75. The minimum atomic E-state index is 0.0485. The number of amides is 1. The van der Waals surface area contributed by atoms with E-state index in [1.165, 1.54) is 0 Å². The number of pyridine rings is 1. The highest BCUT2D eigenvalue weighted by atomic mass is 79.9. The number of halogens is 1. The first kappa shape index (κ1) is 13.6. The number of hydrogen-bond donors (Lipinski definition) is 1. The number of rotatable bonds is 2. The SMILES string of the molecule is Cc1nc2ccc(NC(=O)C3CCOCC3)cn2c1Br. The third-order valence-corrected chi connectivity index (χ3v) is 4.53. The molecule has 1 aliphatic heterocycles. The molecule has 0 spiro atoms. The normalized spacial score (nSPS) is 16.5. The highest BCUT2D eigenvalue weighted by Crippen LogP contribution is 2.22. The maximum absolute atomic E-state index is 12.2. The minimum Gasteiger partial charge on any atom is -0.381 e. The summed E-state index contributed by atoms with van der Waals surface area (Å²) in [5.41, 5.74) is 2.57. The smallest absolute Gasteiger partial charge is 0.227 e. The highest BCUT2D eigenvalue weighted by molar-refractivity contribution is 9.10. The first-order valence-corrected chi connectivity index (χ1v) is 7.47. The van der Waals surface area contributed by atoms with Gasteiger partial charge in [0.05, 0.1) is 11.4 Å². The molecule has 0 radical (unpaired) electrons. The van der Waals surface area contributed by atoms with Gasteiger partial charge in [-0.25, -0.2) is 4.98 Å². The number of ether oxygens (including phenoxy) is 1. The lowest BCUT2D eigenvalue weighted by Crippen LogP contribution is -2.28. The summed E-state index contributed by atoms with van der Waals surface area (Å²) in [5, 5.41) is 2.98. The molecule has 2 aromatic heterocycles. The van der Waals surface area contributed by atoms with Gasteiger partial charge in [-0.2, -0.15) is 0 Å². The van der Waals surface area contributed by atoms with Crippen LogP contribution in [0.25, 0.3) is 5.65 Å². The zero-order chi connectivity index (χ0) is 14.1. The molecule has 20 heavy (non-hydrogen) atoms. The molecule has 3 rings (SSSR count). The van der Waals surface area contributed by atoms with Crippen molar-refractivity contribution in [3.63, 3.8) is 0 Å². The quantitative estimate of drug-likeness (QED) is 0.916. The Balaban J connectivity index is 1.80. The van der Waals surface area contributed by atoms with E-state index >= 15 is 0 Å². The number of nitrogens with one attached hydrogen (secondary N) is 1. The largest absolute Gasteiger partial charge is 0.381 e. The van der Waals surface area contributed by atoms with Crippen LogP contribution in [0.3, 0.4) is 0 Å². The van der Waals surface area contributed by atoms with Crippen molar-refractivity contribution in [3.8, 4) is 0 Å². The van der Waals surface area contributed by atoms with E-state index in [0.717, 1.165) is 34.5 Å². The molecule has 106 valence electrons. The number of hydrogen-bond acceptors (Lipinski definition) is 3. The van der Waals surface area contributed by atoms with Crippen LogP contribution >= 0.6 is 15.9 Å². The highest BCUT2D eigenvalue weighted by Gasteiger charge is 2.21. The lowest BCUT2D eigenvalue weighted by molar-refractivity contribution is -0.122. The van der Waals surface area contributed by atoms with Crippen molar-refractivity contribution >= 4 is 33.2 Å². The van der Waals surface area contributed by atoms with Crippen molar-refractivity contribution in [1.29, 1.82) is 0 Å². The summed E-state index contributed by atoms with van der Waals surface area (Å²) in [6.45, 7) is 3.28. The Kier molecular flexibility index (Phi) is 3.76. The molecule has 0 unspecified atom stereocenters. The van der Waals surface area contributed by atoms with Crippen LogP contribution in [0, 0.1) is 12.8 Å². The second-order valence-corrected chi connectivity index (χ2v) is 5.76. The summed E-state index contributed by atoms with van der Waals surface area (Å²) in [6.07, 6.45) is 3.47. The lowest BCUT2D eigenvalue weighted by Gasteiger charge is -2.21. The molecule has 6 heteroatoms. The maximum atomic E-state index is 12.2. The molecule has 0 aliphatic carbocycles. The van der Waals surface area contributed by atoms with E-state index in [2.05, 4.69) is 26.2 Å². The summed E-state index contributed by atoms with van der Waals surface area (Å²) in [7, 11) is 0. The van der Waals surface area contributed by atoms with Crippen molar-refractivity contribution < 1.29 is 9.53 Å². The summed E-state index contributed by atoms with van der Waals surface area (Å²) < 4.78 is 8.11. The van der Waals surface area contributed by atoms with Crippen LogP contribution in [-0.2, 0) is 9.53 Å². The van der Waals surface area contributed by atoms with Crippen molar-refractivity contribution in [2.75, 3.05) is 18.5 Å². The molecule has 1 amide bonds. The predicted molar refractivity (Wildman–Crippen MR) is 79.8 cm³/mol. The molecule has 3 heterocycles. The molecule has 0 saturated carbocycles. The average molecular weight is 338 g/mol. The molecule has 1 aliphatic rings. The Labute approximate surface area is 125 Å². The van der Waals surface area contributed by atoms with E-state index in [1.54, 1.807) is 0 Å². The zero-order valence-corrected chi connectivity index (χ0v) is 12.8. The van der Waals surface area contributed by atoms with Gasteiger partial charge in [0.1, 0.15) is 10.3 Å². The number of imidazole rings is 1. The zero-order valence-electron chi connectivity index (χ0n) is 11.2. The Morgan fingerprint density at radius 3 is 2.95 bits per heavy atom. The maximum Gasteiger partial charge on any atom is 0.227 e. The second kappa shape index (κ2) is 5.54. The summed E-state index contributed by atoms with van der Waals surface area (Å²) >= 11 is 3.50.